The molecule has 0 aliphatic carbocycles. The van der Waals surface area contributed by atoms with Crippen molar-refractivity contribution in [3.8, 4) is 6.07 Å². The zero-order valence-corrected chi connectivity index (χ0v) is 12.0. The number of hydrogen-bond donors (Lipinski definition) is 0. The van der Waals surface area contributed by atoms with Crippen molar-refractivity contribution in [1.82, 2.24) is 4.90 Å². The first-order valence-electron chi connectivity index (χ1n) is 7.21. The van der Waals surface area contributed by atoms with Gasteiger partial charge in [-0.2, -0.15) is 5.26 Å². The van der Waals surface area contributed by atoms with Crippen LogP contribution in [0.5, 0.6) is 0 Å². The van der Waals surface area contributed by atoms with Crippen molar-refractivity contribution in [2.75, 3.05) is 6.54 Å². The third-order valence-electron chi connectivity index (χ3n) is 4.05. The normalized spacial score (nSPS) is 18.0. The number of nitriles is 1. The molecule has 2 aromatic rings. The summed E-state index contributed by atoms with van der Waals surface area (Å²) in [5.74, 6) is 0. The second kappa shape index (κ2) is 5.95. The largest absolute Gasteiger partial charge is 0.287 e. The fourth-order valence-electron chi connectivity index (χ4n) is 3.06. The number of hydrogen-bond acceptors (Lipinski definition) is 2. The fourth-order valence-corrected chi connectivity index (χ4v) is 3.06. The lowest BCUT2D eigenvalue weighted by Crippen LogP contribution is -2.34. The Labute approximate surface area is 126 Å². The summed E-state index contributed by atoms with van der Waals surface area (Å²) in [5.41, 5.74) is 4.84. The Morgan fingerprint density at radius 3 is 2.57 bits per heavy atom. The van der Waals surface area contributed by atoms with Crippen molar-refractivity contribution in [3.05, 3.63) is 77.9 Å². The maximum atomic E-state index is 9.19. The van der Waals surface area contributed by atoms with Crippen molar-refractivity contribution >= 4 is 5.57 Å². The maximum Gasteiger partial charge on any atom is 0.0641 e. The van der Waals surface area contributed by atoms with E-state index in [-0.39, 0.29) is 6.04 Å². The number of nitrogens with zero attached hydrogens (tertiary/aromatic N) is 2. The van der Waals surface area contributed by atoms with Gasteiger partial charge in [0.1, 0.15) is 0 Å². The standard InChI is InChI=1S/C19H18N2/c1-15-13-21(14-16-7-3-2-4-8-16)19(11-12-20)18-10-6-5-9-17(15)18/h2-10,19H,1,11,13-14H2. The van der Waals surface area contributed by atoms with Crippen molar-refractivity contribution in [2.24, 2.45) is 0 Å². The summed E-state index contributed by atoms with van der Waals surface area (Å²) in [6.07, 6.45) is 0.511. The minimum Gasteiger partial charge on any atom is -0.287 e. The van der Waals surface area contributed by atoms with Gasteiger partial charge in [-0.15, -0.1) is 0 Å². The van der Waals surface area contributed by atoms with Crippen LogP contribution in [0.25, 0.3) is 5.57 Å². The molecule has 0 amide bonds. The Balaban J connectivity index is 1.94. The highest BCUT2D eigenvalue weighted by molar-refractivity contribution is 5.70. The van der Waals surface area contributed by atoms with Crippen LogP contribution in [0.3, 0.4) is 0 Å². The van der Waals surface area contributed by atoms with E-state index in [1.165, 1.54) is 16.7 Å². The van der Waals surface area contributed by atoms with Crippen LogP contribution in [0.1, 0.15) is 29.2 Å². The number of benzene rings is 2. The van der Waals surface area contributed by atoms with Gasteiger partial charge in [0.2, 0.25) is 0 Å². The van der Waals surface area contributed by atoms with E-state index in [0.717, 1.165) is 18.7 Å². The zero-order chi connectivity index (χ0) is 14.7. The highest BCUT2D eigenvalue weighted by Gasteiger charge is 2.28. The molecule has 1 aliphatic rings. The van der Waals surface area contributed by atoms with Crippen molar-refractivity contribution in [2.45, 2.75) is 19.0 Å². The highest BCUT2D eigenvalue weighted by Crippen LogP contribution is 2.37. The first-order chi connectivity index (χ1) is 10.3. The van der Waals surface area contributed by atoms with Gasteiger partial charge in [0.05, 0.1) is 12.5 Å². The van der Waals surface area contributed by atoms with Crippen LogP contribution >= 0.6 is 0 Å². The Hall–Kier alpha value is -2.37. The van der Waals surface area contributed by atoms with Crippen LogP contribution in [0, 0.1) is 11.3 Å². The molecule has 104 valence electrons. The molecule has 3 rings (SSSR count). The van der Waals surface area contributed by atoms with Crippen LogP contribution in [0.4, 0.5) is 0 Å². The van der Waals surface area contributed by atoms with Gasteiger partial charge < -0.3 is 0 Å². The topological polar surface area (TPSA) is 27.0 Å². The molecule has 0 saturated heterocycles. The Kier molecular flexibility index (Phi) is 3.85. The molecule has 1 aliphatic heterocycles. The Morgan fingerprint density at radius 1 is 1.10 bits per heavy atom. The second-order valence-electron chi connectivity index (χ2n) is 5.46. The van der Waals surface area contributed by atoms with Crippen LogP contribution < -0.4 is 0 Å². The Morgan fingerprint density at radius 2 is 1.81 bits per heavy atom. The van der Waals surface area contributed by atoms with E-state index in [0.29, 0.717) is 6.42 Å². The lowest BCUT2D eigenvalue weighted by atomic mass is 9.88. The molecule has 2 nitrogen and oxygen atoms in total. The smallest absolute Gasteiger partial charge is 0.0641 e. The molecule has 0 aromatic heterocycles. The number of fused-ring (bicyclic) bond motifs is 1. The van der Waals surface area contributed by atoms with Gasteiger partial charge in [0.25, 0.3) is 0 Å². The minimum atomic E-state index is 0.150. The molecule has 2 heteroatoms. The molecular weight excluding hydrogens is 256 g/mol. The van der Waals surface area contributed by atoms with Gasteiger partial charge in [-0.05, 0) is 22.3 Å². The average Bonchev–Trinajstić information content (AvgIpc) is 2.52. The molecule has 0 radical (unpaired) electrons. The van der Waals surface area contributed by atoms with Gasteiger partial charge in [-0.3, -0.25) is 4.90 Å². The van der Waals surface area contributed by atoms with E-state index >= 15 is 0 Å². The summed E-state index contributed by atoms with van der Waals surface area (Å²) in [6, 6.07) is 21.2. The van der Waals surface area contributed by atoms with E-state index in [9.17, 15) is 5.26 Å². The Bertz CT molecular complexity index is 682. The van der Waals surface area contributed by atoms with Crippen LogP contribution in [-0.2, 0) is 6.54 Å². The fraction of sp³-hybridized carbons (Fsp3) is 0.211. The summed E-state index contributed by atoms with van der Waals surface area (Å²) in [4.78, 5) is 2.35. The molecule has 0 spiro atoms. The van der Waals surface area contributed by atoms with Crippen LogP contribution in [-0.4, -0.2) is 11.4 Å². The van der Waals surface area contributed by atoms with E-state index < -0.39 is 0 Å². The molecule has 1 atom stereocenters. The van der Waals surface area contributed by atoms with Crippen molar-refractivity contribution < 1.29 is 0 Å². The first-order valence-corrected chi connectivity index (χ1v) is 7.21. The number of rotatable bonds is 3. The summed E-state index contributed by atoms with van der Waals surface area (Å²) >= 11 is 0. The van der Waals surface area contributed by atoms with Crippen molar-refractivity contribution in [3.63, 3.8) is 0 Å². The van der Waals surface area contributed by atoms with Crippen LogP contribution in [0.15, 0.2) is 61.2 Å². The predicted octanol–water partition coefficient (Wildman–Crippen LogP) is 4.17. The lowest BCUT2D eigenvalue weighted by Gasteiger charge is -2.37. The zero-order valence-electron chi connectivity index (χ0n) is 12.0. The van der Waals surface area contributed by atoms with Gasteiger partial charge in [0.15, 0.2) is 0 Å². The molecule has 0 bridgehead atoms. The lowest BCUT2D eigenvalue weighted by molar-refractivity contribution is 0.209. The van der Waals surface area contributed by atoms with E-state index in [1.807, 2.05) is 18.2 Å². The second-order valence-corrected chi connectivity index (χ2v) is 5.46. The molecule has 21 heavy (non-hydrogen) atoms. The summed E-state index contributed by atoms with van der Waals surface area (Å²) in [7, 11) is 0. The predicted molar refractivity (Wildman–Crippen MR) is 85.3 cm³/mol. The highest BCUT2D eigenvalue weighted by atomic mass is 15.2. The van der Waals surface area contributed by atoms with Gasteiger partial charge in [-0.1, -0.05) is 61.2 Å². The third-order valence-corrected chi connectivity index (χ3v) is 4.05. The average molecular weight is 274 g/mol. The minimum absolute atomic E-state index is 0.150. The van der Waals surface area contributed by atoms with Gasteiger partial charge in [0, 0.05) is 19.1 Å². The summed E-state index contributed by atoms with van der Waals surface area (Å²) in [5, 5.41) is 9.19. The molecule has 0 fully saturated rings. The molecule has 1 heterocycles. The SMILES string of the molecule is C=C1CN(Cc2ccccc2)C(CC#N)c2ccccc21. The van der Waals surface area contributed by atoms with E-state index in [2.05, 4.69) is 53.9 Å². The summed E-state index contributed by atoms with van der Waals surface area (Å²) < 4.78 is 0. The third kappa shape index (κ3) is 2.74. The first kappa shape index (κ1) is 13.6. The molecular formula is C19H18N2. The molecule has 0 N–H and O–H groups in total. The van der Waals surface area contributed by atoms with Gasteiger partial charge in [-0.25, -0.2) is 0 Å². The summed E-state index contributed by atoms with van der Waals surface area (Å²) in [6.45, 7) is 5.88. The van der Waals surface area contributed by atoms with E-state index in [4.69, 9.17) is 0 Å². The monoisotopic (exact) mass is 274 g/mol. The molecule has 0 saturated carbocycles. The van der Waals surface area contributed by atoms with Gasteiger partial charge >= 0.3 is 0 Å². The van der Waals surface area contributed by atoms with Crippen molar-refractivity contribution in [1.29, 1.82) is 5.26 Å². The van der Waals surface area contributed by atoms with E-state index in [1.54, 1.807) is 0 Å². The molecule has 1 unspecified atom stereocenters. The maximum absolute atomic E-state index is 9.19. The molecule has 2 aromatic carbocycles. The van der Waals surface area contributed by atoms with Crippen LogP contribution in [0.2, 0.25) is 0 Å². The quantitative estimate of drug-likeness (QED) is 0.840.